The standard InChI is InChI=1S/C21H33ClN4O2/c1-15-7-8-18(17(22)12-15)25-19(27)9-10-23-20(28)24-14-21(3,4)26-11-5-6-16(2)13-26/h7-8,12,16H,5-6,9-11,13-14H2,1-4H3,(H,25,27)(H2,23,24,28). The summed E-state index contributed by atoms with van der Waals surface area (Å²) in [5.74, 6) is 0.510. The van der Waals surface area contributed by atoms with Crippen molar-refractivity contribution in [1.82, 2.24) is 15.5 Å². The van der Waals surface area contributed by atoms with E-state index in [1.54, 1.807) is 12.1 Å². The lowest BCUT2D eigenvalue weighted by molar-refractivity contribution is -0.116. The van der Waals surface area contributed by atoms with E-state index in [4.69, 9.17) is 11.6 Å². The lowest BCUT2D eigenvalue weighted by Gasteiger charge is -2.43. The van der Waals surface area contributed by atoms with Crippen LogP contribution in [0.2, 0.25) is 5.02 Å². The van der Waals surface area contributed by atoms with Gasteiger partial charge in [-0.15, -0.1) is 0 Å². The number of piperidine rings is 1. The van der Waals surface area contributed by atoms with E-state index in [-0.39, 0.29) is 30.4 Å². The molecule has 1 heterocycles. The van der Waals surface area contributed by atoms with Crippen LogP contribution in [0.25, 0.3) is 0 Å². The molecule has 3 amide bonds. The Morgan fingerprint density at radius 2 is 2.04 bits per heavy atom. The number of carbonyl (C=O) groups excluding carboxylic acids is 2. The maximum atomic E-state index is 12.1. The molecule has 28 heavy (non-hydrogen) atoms. The molecule has 1 saturated heterocycles. The molecule has 1 aromatic rings. The van der Waals surface area contributed by atoms with Gasteiger partial charge in [-0.3, -0.25) is 9.69 Å². The van der Waals surface area contributed by atoms with Crippen LogP contribution in [0.3, 0.4) is 0 Å². The van der Waals surface area contributed by atoms with Gasteiger partial charge in [0.05, 0.1) is 10.7 Å². The first-order chi connectivity index (χ1) is 13.2. The smallest absolute Gasteiger partial charge is 0.314 e. The highest BCUT2D eigenvalue weighted by atomic mass is 35.5. The molecule has 0 aliphatic carbocycles. The fourth-order valence-corrected chi connectivity index (χ4v) is 3.72. The first kappa shape index (κ1) is 22.5. The zero-order chi connectivity index (χ0) is 20.7. The van der Waals surface area contributed by atoms with Crippen LogP contribution in [0.15, 0.2) is 18.2 Å². The summed E-state index contributed by atoms with van der Waals surface area (Å²) in [4.78, 5) is 26.6. The molecule has 0 aromatic heterocycles. The van der Waals surface area contributed by atoms with Gasteiger partial charge >= 0.3 is 6.03 Å². The quantitative estimate of drug-likeness (QED) is 0.642. The van der Waals surface area contributed by atoms with E-state index in [0.29, 0.717) is 23.2 Å². The van der Waals surface area contributed by atoms with Crippen LogP contribution in [0, 0.1) is 12.8 Å². The van der Waals surface area contributed by atoms with E-state index in [2.05, 4.69) is 41.6 Å². The monoisotopic (exact) mass is 408 g/mol. The number of carbonyl (C=O) groups is 2. The minimum atomic E-state index is -0.251. The fourth-order valence-electron chi connectivity index (χ4n) is 3.43. The van der Waals surface area contributed by atoms with E-state index in [9.17, 15) is 9.59 Å². The Labute approximate surface area is 173 Å². The van der Waals surface area contributed by atoms with Gasteiger partial charge in [-0.1, -0.05) is 24.6 Å². The number of rotatable bonds is 7. The average molecular weight is 409 g/mol. The molecule has 1 atom stereocenters. The van der Waals surface area contributed by atoms with Gasteiger partial charge in [0.2, 0.25) is 5.91 Å². The molecule has 156 valence electrons. The Balaban J connectivity index is 1.68. The first-order valence-corrected chi connectivity index (χ1v) is 10.4. The molecular weight excluding hydrogens is 376 g/mol. The Bertz CT molecular complexity index is 693. The van der Waals surface area contributed by atoms with Crippen molar-refractivity contribution in [2.24, 2.45) is 5.92 Å². The second-order valence-corrected chi connectivity index (χ2v) is 8.80. The summed E-state index contributed by atoms with van der Waals surface area (Å²) in [5, 5.41) is 8.95. The summed E-state index contributed by atoms with van der Waals surface area (Å²) in [5.41, 5.74) is 1.52. The molecule has 1 aliphatic rings. The summed E-state index contributed by atoms with van der Waals surface area (Å²) in [6.07, 6.45) is 2.66. The van der Waals surface area contributed by atoms with Gasteiger partial charge in [0, 0.05) is 31.6 Å². The minimum Gasteiger partial charge on any atom is -0.338 e. The van der Waals surface area contributed by atoms with Crippen molar-refractivity contribution in [3.8, 4) is 0 Å². The zero-order valence-electron chi connectivity index (χ0n) is 17.4. The Kier molecular flexibility index (Phi) is 8.13. The molecule has 2 rings (SSSR count). The third kappa shape index (κ3) is 6.99. The Morgan fingerprint density at radius 1 is 1.29 bits per heavy atom. The lowest BCUT2D eigenvalue weighted by atomic mass is 9.93. The molecule has 6 nitrogen and oxygen atoms in total. The minimum absolute atomic E-state index is 0.0917. The maximum absolute atomic E-state index is 12.1. The van der Waals surface area contributed by atoms with Crippen molar-refractivity contribution in [3.05, 3.63) is 28.8 Å². The average Bonchev–Trinajstić information content (AvgIpc) is 2.62. The normalized spacial score (nSPS) is 17.8. The highest BCUT2D eigenvalue weighted by molar-refractivity contribution is 6.33. The maximum Gasteiger partial charge on any atom is 0.314 e. The van der Waals surface area contributed by atoms with Crippen molar-refractivity contribution < 1.29 is 9.59 Å². The van der Waals surface area contributed by atoms with Crippen LogP contribution in [0.1, 0.15) is 45.6 Å². The van der Waals surface area contributed by atoms with Crippen molar-refractivity contribution >= 4 is 29.2 Å². The number of nitrogens with one attached hydrogen (secondary N) is 3. The predicted molar refractivity (Wildman–Crippen MR) is 115 cm³/mol. The van der Waals surface area contributed by atoms with Crippen LogP contribution in [-0.4, -0.2) is 48.6 Å². The SMILES string of the molecule is Cc1ccc(NC(=O)CCNC(=O)NCC(C)(C)N2CCCC(C)C2)c(Cl)c1. The number of hydrogen-bond donors (Lipinski definition) is 3. The number of hydrogen-bond acceptors (Lipinski definition) is 3. The van der Waals surface area contributed by atoms with Crippen LogP contribution >= 0.6 is 11.6 Å². The third-order valence-electron chi connectivity index (χ3n) is 5.23. The molecule has 1 aliphatic heterocycles. The topological polar surface area (TPSA) is 73.5 Å². The number of halogens is 1. The summed E-state index contributed by atoms with van der Waals surface area (Å²) >= 11 is 6.12. The van der Waals surface area contributed by atoms with Gasteiger partial charge in [0.1, 0.15) is 0 Å². The van der Waals surface area contributed by atoms with Gasteiger partial charge in [0.25, 0.3) is 0 Å². The van der Waals surface area contributed by atoms with Crippen molar-refractivity contribution in [2.45, 2.75) is 52.5 Å². The van der Waals surface area contributed by atoms with Crippen LogP contribution in [-0.2, 0) is 4.79 Å². The highest BCUT2D eigenvalue weighted by Gasteiger charge is 2.30. The first-order valence-electron chi connectivity index (χ1n) is 10.00. The van der Waals surface area contributed by atoms with Crippen molar-refractivity contribution in [3.63, 3.8) is 0 Å². The number of aryl methyl sites for hydroxylation is 1. The van der Waals surface area contributed by atoms with Crippen LogP contribution < -0.4 is 16.0 Å². The third-order valence-corrected chi connectivity index (χ3v) is 5.54. The van der Waals surface area contributed by atoms with Gasteiger partial charge in [-0.2, -0.15) is 0 Å². The molecule has 1 unspecified atom stereocenters. The number of nitrogens with zero attached hydrogens (tertiary/aromatic N) is 1. The van der Waals surface area contributed by atoms with Gasteiger partial charge < -0.3 is 16.0 Å². The molecule has 0 saturated carbocycles. The Hall–Kier alpha value is -1.79. The highest BCUT2D eigenvalue weighted by Crippen LogP contribution is 2.24. The fraction of sp³-hybridized carbons (Fsp3) is 0.619. The summed E-state index contributed by atoms with van der Waals surface area (Å²) in [6, 6.07) is 5.21. The largest absolute Gasteiger partial charge is 0.338 e. The molecule has 1 aromatic carbocycles. The van der Waals surface area contributed by atoms with Crippen LogP contribution in [0.5, 0.6) is 0 Å². The van der Waals surface area contributed by atoms with E-state index >= 15 is 0 Å². The van der Waals surface area contributed by atoms with Gasteiger partial charge in [-0.25, -0.2) is 4.79 Å². The Morgan fingerprint density at radius 3 is 2.71 bits per heavy atom. The second kappa shape index (κ2) is 10.1. The zero-order valence-corrected chi connectivity index (χ0v) is 18.2. The van der Waals surface area contributed by atoms with E-state index < -0.39 is 0 Å². The molecular formula is C21H33ClN4O2. The number of amides is 3. The second-order valence-electron chi connectivity index (χ2n) is 8.40. The molecule has 7 heteroatoms. The van der Waals surface area contributed by atoms with Crippen molar-refractivity contribution in [1.29, 1.82) is 0 Å². The van der Waals surface area contributed by atoms with E-state index in [0.717, 1.165) is 18.7 Å². The lowest BCUT2D eigenvalue weighted by Crippen LogP contribution is -2.55. The number of anilines is 1. The summed E-state index contributed by atoms with van der Waals surface area (Å²) < 4.78 is 0. The molecule has 1 fully saturated rings. The molecule has 0 bridgehead atoms. The predicted octanol–water partition coefficient (Wildman–Crippen LogP) is 3.79. The van der Waals surface area contributed by atoms with E-state index in [1.807, 2.05) is 13.0 Å². The van der Waals surface area contributed by atoms with Gasteiger partial charge in [-0.05, 0) is 63.8 Å². The van der Waals surface area contributed by atoms with Crippen LogP contribution in [0.4, 0.5) is 10.5 Å². The number of benzene rings is 1. The van der Waals surface area contributed by atoms with Crippen molar-refractivity contribution in [2.75, 3.05) is 31.5 Å². The molecule has 3 N–H and O–H groups in total. The summed E-state index contributed by atoms with van der Waals surface area (Å²) in [6.45, 7) is 11.5. The number of likely N-dealkylation sites (tertiary alicyclic amines) is 1. The van der Waals surface area contributed by atoms with Gasteiger partial charge in [0.15, 0.2) is 0 Å². The van der Waals surface area contributed by atoms with E-state index in [1.165, 1.54) is 12.8 Å². The summed E-state index contributed by atoms with van der Waals surface area (Å²) in [7, 11) is 0. The molecule has 0 spiro atoms. The molecule has 0 radical (unpaired) electrons. The number of urea groups is 1.